The SMILES string of the molecule is COC(=O)N1c2cc(OC)c(OC)cc2[C@]23CCN4CC=C[C@]45CC[C@]12[C@@H](C5)C(=O)O[C@@]12CCN4CC=C[C@]45CC[C@]1([C@@H](C5)C(=O)O3)N(C(=O)OC)c1cc(OC)c(OC)cc12. The van der Waals surface area contributed by atoms with Gasteiger partial charge in [-0.05, 0) is 50.7 Å². The molecule has 7 fully saturated rings. The second-order valence-corrected chi connectivity index (χ2v) is 18.3. The molecule has 9 heterocycles. The van der Waals surface area contributed by atoms with Crippen LogP contribution >= 0.6 is 0 Å². The van der Waals surface area contributed by atoms with E-state index < -0.39 is 69.3 Å². The minimum atomic E-state index is -1.64. The number of anilines is 2. The zero-order valence-corrected chi connectivity index (χ0v) is 35.9. The van der Waals surface area contributed by atoms with Gasteiger partial charge in [-0.15, -0.1) is 0 Å². The number of carbonyl (C=O) groups is 4. The van der Waals surface area contributed by atoms with E-state index in [1.807, 2.05) is 0 Å². The van der Waals surface area contributed by atoms with Gasteiger partial charge in [-0.25, -0.2) is 9.59 Å². The number of rotatable bonds is 4. The maximum absolute atomic E-state index is 16.5. The second-order valence-electron chi connectivity index (χ2n) is 18.3. The Hall–Kier alpha value is -5.48. The van der Waals surface area contributed by atoms with Gasteiger partial charge in [0, 0.05) is 73.4 Å². The Balaban J connectivity index is 1.25. The molecule has 11 aliphatic rings. The molecule has 0 radical (unpaired) electrons. The van der Waals surface area contributed by atoms with Crippen molar-refractivity contribution < 1.29 is 57.1 Å². The van der Waals surface area contributed by atoms with Crippen molar-refractivity contribution in [2.75, 3.05) is 78.6 Å². The van der Waals surface area contributed by atoms with Gasteiger partial charge in [0.2, 0.25) is 0 Å². The third kappa shape index (κ3) is 4.39. The van der Waals surface area contributed by atoms with Crippen molar-refractivity contribution in [2.45, 2.75) is 84.7 Å². The van der Waals surface area contributed by atoms with Gasteiger partial charge < -0.3 is 37.9 Å². The van der Waals surface area contributed by atoms with Gasteiger partial charge in [-0.1, -0.05) is 24.3 Å². The molecule has 4 spiro atoms. The van der Waals surface area contributed by atoms with Crippen LogP contribution in [-0.2, 0) is 39.7 Å². The van der Waals surface area contributed by atoms with Crippen LogP contribution in [0.4, 0.5) is 21.0 Å². The Kier molecular flexibility index (Phi) is 8.28. The Morgan fingerprint density at radius 3 is 1.32 bits per heavy atom. The predicted molar refractivity (Wildman–Crippen MR) is 221 cm³/mol. The maximum atomic E-state index is 16.5. The lowest BCUT2D eigenvalue weighted by Gasteiger charge is -2.64. The minimum Gasteiger partial charge on any atom is -0.493 e. The third-order valence-electron chi connectivity index (χ3n) is 16.8. The summed E-state index contributed by atoms with van der Waals surface area (Å²) >= 11 is 0. The number of methoxy groups -OCH3 is 6. The molecule has 16 heteroatoms. The lowest BCUT2D eigenvalue weighted by Crippen LogP contribution is -2.77. The highest BCUT2D eigenvalue weighted by molar-refractivity contribution is 6.00. The van der Waals surface area contributed by atoms with Crippen LogP contribution in [0.15, 0.2) is 48.6 Å². The molecule has 2 saturated carbocycles. The van der Waals surface area contributed by atoms with Crippen LogP contribution < -0.4 is 28.7 Å². The number of hydrogen-bond acceptors (Lipinski definition) is 14. The van der Waals surface area contributed by atoms with Gasteiger partial charge >= 0.3 is 24.1 Å². The average Bonchev–Trinajstić information content (AvgIpc) is 3.97. The largest absolute Gasteiger partial charge is 0.493 e. The Morgan fingerprint density at radius 1 is 0.565 bits per heavy atom. The molecule has 328 valence electrons. The van der Waals surface area contributed by atoms with E-state index in [2.05, 4.69) is 34.1 Å². The summed E-state index contributed by atoms with van der Waals surface area (Å²) in [4.78, 5) is 70.2. The van der Waals surface area contributed by atoms with E-state index in [4.69, 9.17) is 37.9 Å². The molecule has 2 amide bonds. The van der Waals surface area contributed by atoms with Gasteiger partial charge in [-0.2, -0.15) is 0 Å². The molecule has 13 rings (SSSR count). The number of amides is 2. The molecule has 0 N–H and O–H groups in total. The first-order valence-electron chi connectivity index (χ1n) is 21.5. The number of carbonyl (C=O) groups excluding carboxylic acids is 4. The van der Waals surface area contributed by atoms with E-state index in [1.54, 1.807) is 34.1 Å². The van der Waals surface area contributed by atoms with Crippen molar-refractivity contribution in [3.8, 4) is 23.0 Å². The number of nitrogens with zero attached hydrogens (tertiary/aromatic N) is 4. The van der Waals surface area contributed by atoms with Crippen molar-refractivity contribution in [3.05, 3.63) is 59.7 Å². The molecule has 2 aromatic carbocycles. The Bertz CT molecular complexity index is 2240. The lowest BCUT2D eigenvalue weighted by atomic mass is 9.54. The van der Waals surface area contributed by atoms with Crippen LogP contribution in [0.25, 0.3) is 0 Å². The summed E-state index contributed by atoms with van der Waals surface area (Å²) in [7, 11) is 8.71. The Labute approximate surface area is 359 Å². The number of hydrogen-bond donors (Lipinski definition) is 0. The summed E-state index contributed by atoms with van der Waals surface area (Å²) in [6.45, 7) is 2.24. The van der Waals surface area contributed by atoms with E-state index >= 15 is 9.59 Å². The van der Waals surface area contributed by atoms with Crippen LogP contribution in [0.3, 0.4) is 0 Å². The first kappa shape index (κ1) is 39.4. The molecule has 0 aromatic heterocycles. The molecule has 8 atom stereocenters. The second kappa shape index (κ2) is 13.0. The molecule has 5 saturated heterocycles. The van der Waals surface area contributed by atoms with E-state index in [9.17, 15) is 9.59 Å². The van der Waals surface area contributed by atoms with Crippen molar-refractivity contribution in [2.24, 2.45) is 11.8 Å². The zero-order chi connectivity index (χ0) is 43.2. The minimum absolute atomic E-state index is 0.222. The molecular formula is C46H52N4O12. The summed E-state index contributed by atoms with van der Waals surface area (Å²) in [6, 6.07) is 6.99. The smallest absolute Gasteiger partial charge is 0.414 e. The third-order valence-corrected chi connectivity index (χ3v) is 16.8. The topological polar surface area (TPSA) is 155 Å². The Morgan fingerprint density at radius 2 is 0.952 bits per heavy atom. The monoisotopic (exact) mass is 852 g/mol. The van der Waals surface area contributed by atoms with E-state index in [1.165, 1.54) is 42.7 Å². The number of fused-ring (bicyclic) bond motifs is 6. The average molecular weight is 853 g/mol. The lowest BCUT2D eigenvalue weighted by molar-refractivity contribution is -0.229. The van der Waals surface area contributed by atoms with E-state index in [0.29, 0.717) is 84.5 Å². The van der Waals surface area contributed by atoms with Gasteiger partial charge in [0.1, 0.15) is 11.1 Å². The number of esters is 2. The molecule has 0 unspecified atom stereocenters. The molecule has 8 bridgehead atoms. The number of benzene rings is 2. The molecule has 9 aliphatic heterocycles. The van der Waals surface area contributed by atoms with Crippen molar-refractivity contribution in [3.63, 3.8) is 0 Å². The first-order chi connectivity index (χ1) is 29.9. The van der Waals surface area contributed by atoms with Gasteiger partial charge in [-0.3, -0.25) is 29.2 Å². The molecule has 2 aliphatic carbocycles. The highest BCUT2D eigenvalue weighted by Crippen LogP contribution is 2.71. The molecule has 62 heavy (non-hydrogen) atoms. The summed E-state index contributed by atoms with van der Waals surface area (Å²) in [6.07, 6.45) is 9.79. The van der Waals surface area contributed by atoms with Crippen molar-refractivity contribution >= 4 is 35.5 Å². The first-order valence-corrected chi connectivity index (χ1v) is 21.5. The maximum Gasteiger partial charge on any atom is 0.414 e. The molecule has 16 nitrogen and oxygen atoms in total. The van der Waals surface area contributed by atoms with Crippen LogP contribution in [0, 0.1) is 11.8 Å². The highest BCUT2D eigenvalue weighted by Gasteiger charge is 2.80. The van der Waals surface area contributed by atoms with E-state index in [0.717, 1.165) is 0 Å². The summed E-state index contributed by atoms with van der Waals surface area (Å²) in [5.74, 6) is -1.89. The summed E-state index contributed by atoms with van der Waals surface area (Å²) in [5, 5.41) is 0. The van der Waals surface area contributed by atoms with Crippen LogP contribution in [0.5, 0.6) is 23.0 Å². The fraction of sp³-hybridized carbons (Fsp3) is 0.565. The van der Waals surface area contributed by atoms with Crippen molar-refractivity contribution in [1.29, 1.82) is 0 Å². The van der Waals surface area contributed by atoms with Gasteiger partial charge in [0.15, 0.2) is 34.2 Å². The van der Waals surface area contributed by atoms with Gasteiger partial charge in [0.25, 0.3) is 0 Å². The normalized spacial score (nSPS) is 36.9. The zero-order valence-electron chi connectivity index (χ0n) is 35.9. The van der Waals surface area contributed by atoms with Crippen LogP contribution in [0.2, 0.25) is 0 Å². The number of ether oxygens (including phenoxy) is 8. The molecule has 2 aromatic rings. The fourth-order valence-corrected chi connectivity index (χ4v) is 14.2. The van der Waals surface area contributed by atoms with Crippen molar-refractivity contribution in [1.82, 2.24) is 9.80 Å². The summed E-state index contributed by atoms with van der Waals surface area (Å²) in [5.41, 5.74) is -5.64. The van der Waals surface area contributed by atoms with Crippen LogP contribution in [0.1, 0.15) is 62.5 Å². The standard InChI is InChI=1S/C46H52N4O12/c1-55-33-21-27-31(23-35(33)57-3)49(39(53)59-5)43-13-11-41-9-7-17-47(41)19-15-45(27,43)61-37(51)30-26-42-10-8-18-48(42)20-16-46(62-38(52)29(43)25-41)28-22-34(56-2)36(58-4)24-32(28)50(40(54)60-6)44(30,46)14-12-42/h7-10,21-24,29-30H,11-20,25-26H2,1-6H3/t29-,30-,41+,42+,43+,44+,45+,46+/m0/s1. The van der Waals surface area contributed by atoms with E-state index in [-0.39, 0.29) is 38.5 Å². The quantitative estimate of drug-likeness (QED) is 0.225. The molecular weight excluding hydrogens is 801 g/mol. The summed E-state index contributed by atoms with van der Waals surface area (Å²) < 4.78 is 49.7. The highest BCUT2D eigenvalue weighted by atomic mass is 16.6. The predicted octanol–water partition coefficient (Wildman–Crippen LogP) is 5.19. The van der Waals surface area contributed by atoms with Gasteiger partial charge in [0.05, 0.1) is 65.9 Å². The van der Waals surface area contributed by atoms with Crippen LogP contribution in [-0.4, -0.2) is 125 Å². The fourth-order valence-electron chi connectivity index (χ4n) is 14.2.